The Bertz CT molecular complexity index is 588. The van der Waals surface area contributed by atoms with Crippen molar-refractivity contribution in [2.24, 2.45) is 0 Å². The predicted molar refractivity (Wildman–Crippen MR) is 66.5 cm³/mol. The van der Waals surface area contributed by atoms with E-state index in [-0.39, 0.29) is 11.3 Å². The molecule has 4 heteroatoms. The van der Waals surface area contributed by atoms with E-state index in [1.807, 2.05) is 0 Å². The molecule has 0 aliphatic carbocycles. The summed E-state index contributed by atoms with van der Waals surface area (Å²) in [5.74, 6) is -0.306. The van der Waals surface area contributed by atoms with E-state index in [4.69, 9.17) is 10.4 Å². The fourth-order valence-corrected chi connectivity index (χ4v) is 1.54. The average molecular weight is 242 g/mol. The van der Waals surface area contributed by atoms with Gasteiger partial charge < -0.3 is 10.4 Å². The van der Waals surface area contributed by atoms with Gasteiger partial charge >= 0.3 is 0 Å². The van der Waals surface area contributed by atoms with E-state index >= 15 is 0 Å². The van der Waals surface area contributed by atoms with Crippen LogP contribution in [0, 0.1) is 17.1 Å². The Labute approximate surface area is 104 Å². The summed E-state index contributed by atoms with van der Waals surface area (Å²) in [7, 11) is 0. The zero-order valence-corrected chi connectivity index (χ0v) is 9.52. The first-order valence-corrected chi connectivity index (χ1v) is 5.40. The molecule has 0 unspecified atom stereocenters. The average Bonchev–Trinajstić information content (AvgIpc) is 2.39. The molecule has 90 valence electrons. The zero-order chi connectivity index (χ0) is 13.0. The first-order chi connectivity index (χ1) is 8.69. The van der Waals surface area contributed by atoms with Gasteiger partial charge in [-0.05, 0) is 35.9 Å². The minimum atomic E-state index is -0.521. The molecule has 0 saturated heterocycles. The van der Waals surface area contributed by atoms with Crippen molar-refractivity contribution in [2.75, 3.05) is 5.32 Å². The van der Waals surface area contributed by atoms with Gasteiger partial charge in [-0.25, -0.2) is 4.39 Å². The lowest BCUT2D eigenvalue weighted by molar-refractivity contribution is 0.475. The molecule has 0 fully saturated rings. The Hall–Kier alpha value is -2.54. The van der Waals surface area contributed by atoms with Crippen LogP contribution in [0.4, 0.5) is 10.1 Å². The molecule has 3 nitrogen and oxygen atoms in total. The van der Waals surface area contributed by atoms with Crippen LogP contribution in [0.15, 0.2) is 42.5 Å². The van der Waals surface area contributed by atoms with E-state index < -0.39 is 5.82 Å². The molecule has 2 rings (SSSR count). The molecule has 0 spiro atoms. The van der Waals surface area contributed by atoms with Gasteiger partial charge in [0.1, 0.15) is 17.6 Å². The maximum atomic E-state index is 13.1. The number of hydrogen-bond donors (Lipinski definition) is 2. The van der Waals surface area contributed by atoms with E-state index in [1.165, 1.54) is 12.1 Å². The van der Waals surface area contributed by atoms with Crippen LogP contribution in [0.5, 0.6) is 5.75 Å². The highest BCUT2D eigenvalue weighted by molar-refractivity contribution is 5.50. The summed E-state index contributed by atoms with van der Waals surface area (Å²) in [5.41, 5.74) is 1.68. The third kappa shape index (κ3) is 2.77. The molecule has 0 atom stereocenters. The lowest BCUT2D eigenvalue weighted by Gasteiger charge is -2.07. The Kier molecular flexibility index (Phi) is 3.44. The molecule has 2 aromatic carbocycles. The van der Waals surface area contributed by atoms with E-state index in [1.54, 1.807) is 36.4 Å². The largest absolute Gasteiger partial charge is 0.508 e. The number of rotatable bonds is 3. The van der Waals surface area contributed by atoms with Crippen molar-refractivity contribution in [3.63, 3.8) is 0 Å². The minimum Gasteiger partial charge on any atom is -0.508 e. The van der Waals surface area contributed by atoms with Gasteiger partial charge in [-0.1, -0.05) is 12.1 Å². The molecule has 2 aromatic rings. The van der Waals surface area contributed by atoms with Crippen LogP contribution in [-0.2, 0) is 6.54 Å². The minimum absolute atomic E-state index is 0.0192. The highest BCUT2D eigenvalue weighted by Gasteiger charge is 2.02. The number of phenols is 1. The SMILES string of the molecule is N#Cc1cc(NCc2ccc(O)cc2)ccc1F. The summed E-state index contributed by atoms with van der Waals surface area (Å²) < 4.78 is 13.1. The predicted octanol–water partition coefficient (Wildman–Crippen LogP) is 3.02. The zero-order valence-electron chi connectivity index (χ0n) is 9.52. The van der Waals surface area contributed by atoms with Gasteiger partial charge in [0, 0.05) is 12.2 Å². The number of anilines is 1. The topological polar surface area (TPSA) is 56.0 Å². The molecule has 18 heavy (non-hydrogen) atoms. The first-order valence-electron chi connectivity index (χ1n) is 5.40. The van der Waals surface area contributed by atoms with Crippen LogP contribution < -0.4 is 5.32 Å². The number of nitriles is 1. The van der Waals surface area contributed by atoms with Crippen molar-refractivity contribution in [3.05, 3.63) is 59.4 Å². The smallest absolute Gasteiger partial charge is 0.141 e. The third-order valence-electron chi connectivity index (χ3n) is 2.52. The first kappa shape index (κ1) is 11.9. The van der Waals surface area contributed by atoms with Crippen LogP contribution in [0.3, 0.4) is 0 Å². The normalized spacial score (nSPS) is 9.78. The monoisotopic (exact) mass is 242 g/mol. The van der Waals surface area contributed by atoms with E-state index in [9.17, 15) is 4.39 Å². The summed E-state index contributed by atoms with van der Waals surface area (Å²) in [4.78, 5) is 0. The van der Waals surface area contributed by atoms with Crippen LogP contribution in [-0.4, -0.2) is 5.11 Å². The van der Waals surface area contributed by atoms with Crippen molar-refractivity contribution >= 4 is 5.69 Å². The molecular formula is C14H11FN2O. The maximum absolute atomic E-state index is 13.1. The van der Waals surface area contributed by atoms with Gasteiger partial charge in [0.15, 0.2) is 0 Å². The number of nitrogens with one attached hydrogen (secondary N) is 1. The van der Waals surface area contributed by atoms with Gasteiger partial charge in [0.2, 0.25) is 0 Å². The second kappa shape index (κ2) is 5.19. The van der Waals surface area contributed by atoms with Crippen LogP contribution >= 0.6 is 0 Å². The van der Waals surface area contributed by atoms with Crippen molar-refractivity contribution in [1.29, 1.82) is 5.26 Å². The molecular weight excluding hydrogens is 231 g/mol. The maximum Gasteiger partial charge on any atom is 0.141 e. The molecule has 0 aliphatic heterocycles. The standard InChI is InChI=1S/C14H11FN2O/c15-14-6-3-12(7-11(14)8-16)17-9-10-1-4-13(18)5-2-10/h1-7,17-18H,9H2. The molecule has 0 aromatic heterocycles. The van der Waals surface area contributed by atoms with Gasteiger partial charge in [-0.3, -0.25) is 0 Å². The van der Waals surface area contributed by atoms with Crippen LogP contribution in [0.2, 0.25) is 0 Å². The number of hydrogen-bond acceptors (Lipinski definition) is 3. The van der Waals surface area contributed by atoms with Crippen molar-refractivity contribution in [1.82, 2.24) is 0 Å². The van der Waals surface area contributed by atoms with Gasteiger partial charge in [-0.15, -0.1) is 0 Å². The number of halogens is 1. The highest BCUT2D eigenvalue weighted by atomic mass is 19.1. The molecule has 0 bridgehead atoms. The Morgan fingerprint density at radius 2 is 1.89 bits per heavy atom. The summed E-state index contributed by atoms with van der Waals surface area (Å²) in [6.45, 7) is 0.538. The number of phenolic OH excluding ortho intramolecular Hbond substituents is 1. The van der Waals surface area contributed by atoms with E-state index in [0.29, 0.717) is 12.2 Å². The number of nitrogens with zero attached hydrogens (tertiary/aromatic N) is 1. The van der Waals surface area contributed by atoms with Gasteiger partial charge in [0.25, 0.3) is 0 Å². The van der Waals surface area contributed by atoms with Crippen LogP contribution in [0.1, 0.15) is 11.1 Å². The second-order valence-corrected chi connectivity index (χ2v) is 3.83. The number of benzene rings is 2. The Morgan fingerprint density at radius 3 is 2.56 bits per heavy atom. The fourth-order valence-electron chi connectivity index (χ4n) is 1.54. The third-order valence-corrected chi connectivity index (χ3v) is 2.52. The molecule has 0 heterocycles. The molecule has 0 amide bonds. The quantitative estimate of drug-likeness (QED) is 0.869. The van der Waals surface area contributed by atoms with Crippen LogP contribution in [0.25, 0.3) is 0 Å². The Morgan fingerprint density at radius 1 is 1.17 bits per heavy atom. The van der Waals surface area contributed by atoms with E-state index in [2.05, 4.69) is 5.32 Å². The second-order valence-electron chi connectivity index (χ2n) is 3.83. The summed E-state index contributed by atoms with van der Waals surface area (Å²) in [6.07, 6.45) is 0. The summed E-state index contributed by atoms with van der Waals surface area (Å²) in [6, 6.07) is 12.9. The van der Waals surface area contributed by atoms with Gasteiger partial charge in [-0.2, -0.15) is 5.26 Å². The highest BCUT2D eigenvalue weighted by Crippen LogP contribution is 2.16. The van der Waals surface area contributed by atoms with Gasteiger partial charge in [0.05, 0.1) is 5.56 Å². The molecule has 0 aliphatic rings. The molecule has 0 saturated carbocycles. The lowest BCUT2D eigenvalue weighted by atomic mass is 10.2. The Balaban J connectivity index is 2.06. The van der Waals surface area contributed by atoms with Crippen molar-refractivity contribution in [3.8, 4) is 11.8 Å². The number of aromatic hydroxyl groups is 1. The lowest BCUT2D eigenvalue weighted by Crippen LogP contribution is -1.99. The summed E-state index contributed by atoms with van der Waals surface area (Å²) in [5, 5.41) is 20.9. The molecule has 0 radical (unpaired) electrons. The van der Waals surface area contributed by atoms with Crippen molar-refractivity contribution in [2.45, 2.75) is 6.54 Å². The van der Waals surface area contributed by atoms with Crippen molar-refractivity contribution < 1.29 is 9.50 Å². The summed E-state index contributed by atoms with van der Waals surface area (Å²) >= 11 is 0. The molecule has 2 N–H and O–H groups in total. The van der Waals surface area contributed by atoms with E-state index in [0.717, 1.165) is 5.56 Å². The fraction of sp³-hybridized carbons (Fsp3) is 0.0714.